The minimum absolute atomic E-state index is 0.180. The number of ether oxygens (including phenoxy) is 2. The van der Waals surface area contributed by atoms with Crippen molar-refractivity contribution in [3.63, 3.8) is 0 Å². The fourth-order valence-electron chi connectivity index (χ4n) is 1.79. The Balaban J connectivity index is 2.19. The third kappa shape index (κ3) is 3.49. The maximum absolute atomic E-state index is 13.8. The molecular weight excluding hydrogens is 325 g/mol. The summed E-state index contributed by atoms with van der Waals surface area (Å²) in [5.41, 5.74) is 6.59. The molecule has 0 fully saturated rings. The molecule has 0 spiro atoms. The molecule has 106 valence electrons. The molecule has 0 amide bonds. The summed E-state index contributed by atoms with van der Waals surface area (Å²) in [5, 5.41) is 0. The lowest BCUT2D eigenvalue weighted by molar-refractivity contribution is 0.204. The van der Waals surface area contributed by atoms with Gasteiger partial charge >= 0.3 is 0 Å². The van der Waals surface area contributed by atoms with Crippen molar-refractivity contribution in [2.45, 2.75) is 6.10 Å². The summed E-state index contributed by atoms with van der Waals surface area (Å²) in [4.78, 5) is 0. The summed E-state index contributed by atoms with van der Waals surface area (Å²) in [5.74, 6) is 0.505. The van der Waals surface area contributed by atoms with E-state index in [4.69, 9.17) is 15.2 Å². The zero-order chi connectivity index (χ0) is 14.5. The first kappa shape index (κ1) is 14.8. The number of rotatable bonds is 5. The van der Waals surface area contributed by atoms with Gasteiger partial charge in [0.15, 0.2) is 11.6 Å². The van der Waals surface area contributed by atoms with Crippen LogP contribution in [0, 0.1) is 5.82 Å². The van der Waals surface area contributed by atoms with Crippen LogP contribution in [-0.4, -0.2) is 13.7 Å². The molecule has 0 aliphatic heterocycles. The third-order valence-corrected chi connectivity index (χ3v) is 3.36. The second kappa shape index (κ2) is 6.72. The molecule has 0 heterocycles. The summed E-state index contributed by atoms with van der Waals surface area (Å²) in [6, 6.07) is 12.0. The normalized spacial score (nSPS) is 12.0. The molecule has 1 unspecified atom stereocenters. The topological polar surface area (TPSA) is 44.5 Å². The van der Waals surface area contributed by atoms with Crippen LogP contribution in [0.25, 0.3) is 0 Å². The molecule has 2 N–H and O–H groups in total. The Morgan fingerprint density at radius 3 is 2.45 bits per heavy atom. The van der Waals surface area contributed by atoms with Gasteiger partial charge in [-0.1, -0.05) is 28.1 Å². The van der Waals surface area contributed by atoms with E-state index in [-0.39, 0.29) is 12.3 Å². The molecule has 0 radical (unpaired) electrons. The monoisotopic (exact) mass is 339 g/mol. The maximum Gasteiger partial charge on any atom is 0.166 e. The average molecular weight is 340 g/mol. The zero-order valence-electron chi connectivity index (χ0n) is 11.0. The van der Waals surface area contributed by atoms with Gasteiger partial charge in [-0.25, -0.2) is 4.39 Å². The van der Waals surface area contributed by atoms with Crippen molar-refractivity contribution in [2.24, 2.45) is 5.73 Å². The summed E-state index contributed by atoms with van der Waals surface area (Å²) in [6.07, 6.45) is -0.406. The summed E-state index contributed by atoms with van der Waals surface area (Å²) < 4.78 is 25.2. The highest BCUT2D eigenvalue weighted by Gasteiger charge is 2.14. The lowest BCUT2D eigenvalue weighted by Crippen LogP contribution is -2.18. The first-order valence-electron chi connectivity index (χ1n) is 6.09. The van der Waals surface area contributed by atoms with Crippen LogP contribution in [0.15, 0.2) is 46.9 Å². The molecule has 0 aliphatic rings. The Morgan fingerprint density at radius 1 is 1.20 bits per heavy atom. The number of hydrogen-bond acceptors (Lipinski definition) is 3. The smallest absolute Gasteiger partial charge is 0.166 e. The van der Waals surface area contributed by atoms with E-state index in [1.807, 2.05) is 24.3 Å². The molecule has 20 heavy (non-hydrogen) atoms. The molecule has 1 atom stereocenters. The summed E-state index contributed by atoms with van der Waals surface area (Å²) in [7, 11) is 1.60. The zero-order valence-corrected chi connectivity index (χ0v) is 12.6. The van der Waals surface area contributed by atoms with Crippen LogP contribution in [-0.2, 0) is 0 Å². The SMILES string of the molecule is COc1ccc(C(CN)Oc2ccc(Br)cc2F)cc1. The first-order chi connectivity index (χ1) is 9.63. The predicted molar refractivity (Wildman–Crippen MR) is 79.5 cm³/mol. The van der Waals surface area contributed by atoms with E-state index in [2.05, 4.69) is 15.9 Å². The fourth-order valence-corrected chi connectivity index (χ4v) is 2.13. The van der Waals surface area contributed by atoms with Crippen molar-refractivity contribution in [1.82, 2.24) is 0 Å². The molecule has 2 aromatic rings. The van der Waals surface area contributed by atoms with Gasteiger partial charge in [0.25, 0.3) is 0 Å². The van der Waals surface area contributed by atoms with Gasteiger partial charge in [0.1, 0.15) is 11.9 Å². The van der Waals surface area contributed by atoms with E-state index in [9.17, 15) is 4.39 Å². The fraction of sp³-hybridized carbons (Fsp3) is 0.200. The Labute approximate surface area is 125 Å². The number of methoxy groups -OCH3 is 1. The van der Waals surface area contributed by atoms with Gasteiger partial charge in [0, 0.05) is 11.0 Å². The van der Waals surface area contributed by atoms with Crippen molar-refractivity contribution in [1.29, 1.82) is 0 Å². The second-order valence-corrected chi connectivity index (χ2v) is 5.11. The van der Waals surface area contributed by atoms with E-state index >= 15 is 0 Å². The molecule has 2 rings (SSSR count). The Morgan fingerprint density at radius 2 is 1.90 bits per heavy atom. The summed E-state index contributed by atoms with van der Waals surface area (Å²) in [6.45, 7) is 0.252. The minimum Gasteiger partial charge on any atom is -0.497 e. The molecule has 0 bridgehead atoms. The highest BCUT2D eigenvalue weighted by Crippen LogP contribution is 2.27. The molecule has 0 aliphatic carbocycles. The molecule has 2 aromatic carbocycles. The Bertz CT molecular complexity index is 575. The van der Waals surface area contributed by atoms with E-state index in [1.165, 1.54) is 6.07 Å². The predicted octanol–water partition coefficient (Wildman–Crippen LogP) is 3.68. The Kier molecular flexibility index (Phi) is 4.98. The molecule has 0 saturated heterocycles. The van der Waals surface area contributed by atoms with Crippen LogP contribution in [0.3, 0.4) is 0 Å². The van der Waals surface area contributed by atoms with Gasteiger partial charge in [0.2, 0.25) is 0 Å². The van der Waals surface area contributed by atoms with Gasteiger partial charge in [0.05, 0.1) is 7.11 Å². The summed E-state index contributed by atoms with van der Waals surface area (Å²) >= 11 is 3.21. The van der Waals surface area contributed by atoms with E-state index in [0.717, 1.165) is 11.3 Å². The van der Waals surface area contributed by atoms with Crippen LogP contribution in [0.2, 0.25) is 0 Å². The number of hydrogen-bond donors (Lipinski definition) is 1. The van der Waals surface area contributed by atoms with E-state index < -0.39 is 11.9 Å². The molecule has 0 aromatic heterocycles. The number of nitrogens with two attached hydrogens (primary N) is 1. The van der Waals surface area contributed by atoms with Crippen molar-refractivity contribution in [3.05, 3.63) is 58.3 Å². The second-order valence-electron chi connectivity index (χ2n) is 4.19. The lowest BCUT2D eigenvalue weighted by atomic mass is 10.1. The standard InChI is InChI=1S/C15H15BrFNO2/c1-19-12-5-2-10(3-6-12)15(9-18)20-14-7-4-11(16)8-13(14)17/h2-8,15H,9,18H2,1H3. The minimum atomic E-state index is -0.425. The highest BCUT2D eigenvalue weighted by atomic mass is 79.9. The Hall–Kier alpha value is -1.59. The highest BCUT2D eigenvalue weighted by molar-refractivity contribution is 9.10. The van der Waals surface area contributed by atoms with E-state index in [1.54, 1.807) is 19.2 Å². The molecule has 0 saturated carbocycles. The van der Waals surface area contributed by atoms with Gasteiger partial charge < -0.3 is 15.2 Å². The van der Waals surface area contributed by atoms with E-state index in [0.29, 0.717) is 4.47 Å². The quantitative estimate of drug-likeness (QED) is 0.903. The van der Waals surface area contributed by atoms with Gasteiger partial charge in [-0.3, -0.25) is 0 Å². The van der Waals surface area contributed by atoms with Crippen molar-refractivity contribution in [3.8, 4) is 11.5 Å². The van der Waals surface area contributed by atoms with Crippen LogP contribution in [0.5, 0.6) is 11.5 Å². The third-order valence-electron chi connectivity index (χ3n) is 2.86. The van der Waals surface area contributed by atoms with Gasteiger partial charge in [-0.2, -0.15) is 0 Å². The van der Waals surface area contributed by atoms with Crippen molar-refractivity contribution in [2.75, 3.05) is 13.7 Å². The van der Waals surface area contributed by atoms with Crippen LogP contribution in [0.1, 0.15) is 11.7 Å². The van der Waals surface area contributed by atoms with Gasteiger partial charge in [-0.15, -0.1) is 0 Å². The lowest BCUT2D eigenvalue weighted by Gasteiger charge is -2.18. The number of halogens is 2. The molecule has 3 nitrogen and oxygen atoms in total. The van der Waals surface area contributed by atoms with Gasteiger partial charge in [-0.05, 0) is 35.9 Å². The maximum atomic E-state index is 13.8. The average Bonchev–Trinajstić information content (AvgIpc) is 2.47. The van der Waals surface area contributed by atoms with Crippen LogP contribution < -0.4 is 15.2 Å². The van der Waals surface area contributed by atoms with Crippen LogP contribution in [0.4, 0.5) is 4.39 Å². The number of benzene rings is 2. The molecular formula is C15H15BrFNO2. The van der Waals surface area contributed by atoms with Crippen molar-refractivity contribution < 1.29 is 13.9 Å². The van der Waals surface area contributed by atoms with Crippen LogP contribution >= 0.6 is 15.9 Å². The largest absolute Gasteiger partial charge is 0.497 e. The first-order valence-corrected chi connectivity index (χ1v) is 6.89. The molecule has 5 heteroatoms. The van der Waals surface area contributed by atoms with Crippen molar-refractivity contribution >= 4 is 15.9 Å².